The van der Waals surface area contributed by atoms with Crippen LogP contribution in [0.2, 0.25) is 5.15 Å². The molecule has 0 atom stereocenters. The number of hydrogen-bond acceptors (Lipinski definition) is 5. The summed E-state index contributed by atoms with van der Waals surface area (Å²) in [5.74, 6) is -0.332. The van der Waals surface area contributed by atoms with Crippen molar-refractivity contribution in [3.63, 3.8) is 0 Å². The van der Waals surface area contributed by atoms with Gasteiger partial charge in [-0.3, -0.25) is 15.1 Å². The van der Waals surface area contributed by atoms with E-state index >= 15 is 0 Å². The zero-order chi connectivity index (χ0) is 13.2. The van der Waals surface area contributed by atoms with E-state index in [1.165, 1.54) is 41.4 Å². The minimum Gasteiger partial charge on any atom is -0.296 e. The Morgan fingerprint density at radius 2 is 2.11 bits per heavy atom. The van der Waals surface area contributed by atoms with E-state index in [1.54, 1.807) is 0 Å². The maximum atomic E-state index is 12.0. The summed E-state index contributed by atoms with van der Waals surface area (Å²) in [6.07, 6.45) is 7.19. The van der Waals surface area contributed by atoms with Gasteiger partial charge >= 0.3 is 0 Å². The number of nitrogens with one attached hydrogen (secondary N) is 1. The van der Waals surface area contributed by atoms with Crippen LogP contribution in [-0.4, -0.2) is 20.9 Å². The predicted octanol–water partition coefficient (Wildman–Crippen LogP) is 2.72. The largest absolute Gasteiger partial charge is 0.296 e. The molecule has 98 valence electrons. The van der Waals surface area contributed by atoms with Gasteiger partial charge in [0.05, 0.1) is 18.1 Å². The number of carbonyl (C=O) groups is 1. The van der Waals surface area contributed by atoms with Crippen LogP contribution >= 0.6 is 22.9 Å². The van der Waals surface area contributed by atoms with Crippen LogP contribution < -0.4 is 5.32 Å². The van der Waals surface area contributed by atoms with Gasteiger partial charge in [-0.1, -0.05) is 11.6 Å². The summed E-state index contributed by atoms with van der Waals surface area (Å²) in [5, 5.41) is 3.57. The molecule has 0 aliphatic heterocycles. The molecular formula is C12H11ClN4OS. The first kappa shape index (κ1) is 12.5. The molecule has 2 aromatic rings. The third-order valence-electron chi connectivity index (χ3n) is 2.90. The highest BCUT2D eigenvalue weighted by atomic mass is 35.5. The van der Waals surface area contributed by atoms with Gasteiger partial charge in [0.1, 0.15) is 10.8 Å². The van der Waals surface area contributed by atoms with Crippen LogP contribution in [0.25, 0.3) is 0 Å². The van der Waals surface area contributed by atoms with Crippen molar-refractivity contribution in [2.45, 2.75) is 25.7 Å². The Hall–Kier alpha value is -1.53. The highest BCUT2D eigenvalue weighted by Crippen LogP contribution is 2.29. The van der Waals surface area contributed by atoms with Crippen LogP contribution in [0, 0.1) is 0 Å². The molecule has 0 fully saturated rings. The van der Waals surface area contributed by atoms with Crippen LogP contribution in [0.5, 0.6) is 0 Å². The van der Waals surface area contributed by atoms with Crippen molar-refractivity contribution in [3.8, 4) is 0 Å². The van der Waals surface area contributed by atoms with Crippen LogP contribution in [0.15, 0.2) is 12.4 Å². The van der Waals surface area contributed by atoms with Gasteiger partial charge in [-0.2, -0.15) is 0 Å². The fourth-order valence-corrected chi connectivity index (χ4v) is 3.21. The number of amides is 1. The minimum atomic E-state index is -0.332. The molecule has 2 heterocycles. The first-order valence-electron chi connectivity index (χ1n) is 6.00. The lowest BCUT2D eigenvalue weighted by Gasteiger charge is -2.06. The molecule has 0 bridgehead atoms. The van der Waals surface area contributed by atoms with E-state index in [4.69, 9.17) is 11.6 Å². The third kappa shape index (κ3) is 2.74. The predicted molar refractivity (Wildman–Crippen MR) is 73.8 cm³/mol. The van der Waals surface area contributed by atoms with Gasteiger partial charge in [-0.25, -0.2) is 9.97 Å². The molecule has 3 rings (SSSR count). The van der Waals surface area contributed by atoms with Crippen molar-refractivity contribution in [3.05, 3.63) is 33.8 Å². The molecule has 0 spiro atoms. The summed E-state index contributed by atoms with van der Waals surface area (Å²) in [5.41, 5.74) is 1.31. The molecule has 1 amide bonds. The summed E-state index contributed by atoms with van der Waals surface area (Å²) in [6, 6.07) is 0. The molecule has 1 aliphatic rings. The Morgan fingerprint density at radius 3 is 2.89 bits per heavy atom. The smallest absolute Gasteiger partial charge is 0.277 e. The zero-order valence-corrected chi connectivity index (χ0v) is 11.6. The second-order valence-electron chi connectivity index (χ2n) is 4.28. The molecule has 0 saturated carbocycles. The molecule has 1 aliphatic carbocycles. The number of anilines is 1. The minimum absolute atomic E-state index is 0.195. The number of fused-ring (bicyclic) bond motifs is 1. The Bertz CT molecular complexity index is 604. The number of aromatic nitrogens is 3. The topological polar surface area (TPSA) is 67.8 Å². The SMILES string of the molecule is O=C(Nc1nc2c(s1)CCCC2)c1cncc(Cl)n1. The molecule has 0 saturated heterocycles. The standard InChI is InChI=1S/C12H11ClN4OS/c13-10-6-14-5-8(15-10)11(18)17-12-16-7-3-1-2-4-9(7)19-12/h5-6H,1-4H2,(H,16,17,18). The normalized spacial score (nSPS) is 13.9. The summed E-state index contributed by atoms with van der Waals surface area (Å²) in [7, 11) is 0. The molecule has 0 aromatic carbocycles. The molecule has 19 heavy (non-hydrogen) atoms. The Morgan fingerprint density at radius 1 is 1.26 bits per heavy atom. The zero-order valence-electron chi connectivity index (χ0n) is 10.0. The van der Waals surface area contributed by atoms with Gasteiger partial charge in [0.2, 0.25) is 0 Å². The third-order valence-corrected chi connectivity index (χ3v) is 4.16. The highest BCUT2D eigenvalue weighted by molar-refractivity contribution is 7.15. The van der Waals surface area contributed by atoms with Crippen LogP contribution in [0.1, 0.15) is 33.9 Å². The lowest BCUT2D eigenvalue weighted by Crippen LogP contribution is -2.14. The number of halogens is 1. The van der Waals surface area contributed by atoms with E-state index in [2.05, 4.69) is 20.3 Å². The highest BCUT2D eigenvalue weighted by Gasteiger charge is 2.17. The van der Waals surface area contributed by atoms with Gasteiger partial charge in [-0.15, -0.1) is 11.3 Å². The molecule has 0 radical (unpaired) electrons. The Balaban J connectivity index is 1.77. The quantitative estimate of drug-likeness (QED) is 0.925. The lowest BCUT2D eigenvalue weighted by molar-refractivity contribution is 0.102. The second kappa shape index (κ2) is 5.22. The summed E-state index contributed by atoms with van der Waals surface area (Å²) in [6.45, 7) is 0. The number of nitrogens with zero attached hydrogens (tertiary/aromatic N) is 3. The van der Waals surface area contributed by atoms with Crippen molar-refractivity contribution >= 4 is 34.0 Å². The number of aryl methyl sites for hydroxylation is 2. The van der Waals surface area contributed by atoms with E-state index in [0.29, 0.717) is 5.13 Å². The molecule has 1 N–H and O–H groups in total. The Kier molecular flexibility index (Phi) is 3.44. The molecule has 2 aromatic heterocycles. The molecule has 7 heteroatoms. The van der Waals surface area contributed by atoms with Crippen molar-refractivity contribution < 1.29 is 4.79 Å². The molecule has 0 unspecified atom stereocenters. The monoisotopic (exact) mass is 294 g/mol. The average Bonchev–Trinajstić information content (AvgIpc) is 2.80. The van der Waals surface area contributed by atoms with Crippen molar-refractivity contribution in [2.24, 2.45) is 0 Å². The van der Waals surface area contributed by atoms with Gasteiger partial charge in [0, 0.05) is 4.88 Å². The van der Waals surface area contributed by atoms with Gasteiger partial charge in [0.15, 0.2) is 5.13 Å². The Labute approximate surface area is 119 Å². The van der Waals surface area contributed by atoms with E-state index in [1.807, 2.05) is 0 Å². The second-order valence-corrected chi connectivity index (χ2v) is 5.75. The van der Waals surface area contributed by atoms with Gasteiger partial charge in [0.25, 0.3) is 5.91 Å². The van der Waals surface area contributed by atoms with Crippen LogP contribution in [0.4, 0.5) is 5.13 Å². The van der Waals surface area contributed by atoms with E-state index in [0.717, 1.165) is 18.5 Å². The average molecular weight is 295 g/mol. The maximum Gasteiger partial charge on any atom is 0.277 e. The number of carbonyl (C=O) groups excluding carboxylic acids is 1. The van der Waals surface area contributed by atoms with Crippen LogP contribution in [0.3, 0.4) is 0 Å². The van der Waals surface area contributed by atoms with E-state index in [-0.39, 0.29) is 16.8 Å². The number of hydrogen-bond donors (Lipinski definition) is 1. The van der Waals surface area contributed by atoms with Gasteiger partial charge in [-0.05, 0) is 25.7 Å². The van der Waals surface area contributed by atoms with E-state index in [9.17, 15) is 4.79 Å². The van der Waals surface area contributed by atoms with E-state index < -0.39 is 0 Å². The molecular weight excluding hydrogens is 284 g/mol. The number of thiazole rings is 1. The van der Waals surface area contributed by atoms with Crippen molar-refractivity contribution in [1.29, 1.82) is 0 Å². The maximum absolute atomic E-state index is 12.0. The van der Waals surface area contributed by atoms with Gasteiger partial charge < -0.3 is 0 Å². The van der Waals surface area contributed by atoms with Crippen molar-refractivity contribution in [1.82, 2.24) is 15.0 Å². The van der Waals surface area contributed by atoms with Crippen molar-refractivity contribution in [2.75, 3.05) is 5.32 Å². The summed E-state index contributed by atoms with van der Waals surface area (Å²) >= 11 is 7.25. The first-order chi connectivity index (χ1) is 9.22. The summed E-state index contributed by atoms with van der Waals surface area (Å²) in [4.78, 5) is 25.5. The van der Waals surface area contributed by atoms with Crippen LogP contribution in [-0.2, 0) is 12.8 Å². The number of rotatable bonds is 2. The lowest BCUT2D eigenvalue weighted by atomic mass is 10.0. The fraction of sp³-hybridized carbons (Fsp3) is 0.333. The summed E-state index contributed by atoms with van der Waals surface area (Å²) < 4.78 is 0. The fourth-order valence-electron chi connectivity index (χ4n) is 2.02. The first-order valence-corrected chi connectivity index (χ1v) is 7.19. The molecule has 5 nitrogen and oxygen atoms in total.